The molecule has 2 heteroatoms. The Morgan fingerprint density at radius 1 is 1.00 bits per heavy atom. The van der Waals surface area contributed by atoms with Crippen LogP contribution >= 0.6 is 11.6 Å². The molecule has 2 aromatic carbocycles. The van der Waals surface area contributed by atoms with E-state index in [9.17, 15) is 0 Å². The minimum Gasteiger partial charge on any atom is -0.311 e. The molecule has 0 heterocycles. The van der Waals surface area contributed by atoms with Gasteiger partial charge in [0.2, 0.25) is 0 Å². The highest BCUT2D eigenvalue weighted by Crippen LogP contribution is 2.22. The Balaban J connectivity index is 2.16. The molecule has 0 bridgehead atoms. The molecular formula is C19H24ClN. The second-order valence-electron chi connectivity index (χ2n) is 6.57. The molecule has 0 aliphatic heterocycles. The highest BCUT2D eigenvalue weighted by Gasteiger charge is 2.16. The fraction of sp³-hybridized carbons (Fsp3) is 0.368. The quantitative estimate of drug-likeness (QED) is 0.814. The van der Waals surface area contributed by atoms with Gasteiger partial charge in [-0.3, -0.25) is 0 Å². The molecule has 0 saturated carbocycles. The molecule has 112 valence electrons. The molecule has 2 aromatic rings. The topological polar surface area (TPSA) is 12.0 Å². The first-order valence-corrected chi connectivity index (χ1v) is 7.86. The summed E-state index contributed by atoms with van der Waals surface area (Å²) in [6, 6.07) is 18.9. The molecule has 1 atom stereocenters. The third-order valence-electron chi connectivity index (χ3n) is 3.52. The van der Waals surface area contributed by atoms with Crippen molar-refractivity contribution in [1.29, 1.82) is 0 Å². The summed E-state index contributed by atoms with van der Waals surface area (Å²) in [5, 5.41) is 4.43. The van der Waals surface area contributed by atoms with Crippen molar-refractivity contribution in [3.8, 4) is 0 Å². The molecular weight excluding hydrogens is 278 g/mol. The fourth-order valence-corrected chi connectivity index (χ4v) is 2.62. The van der Waals surface area contributed by atoms with Crippen molar-refractivity contribution in [1.82, 2.24) is 5.32 Å². The summed E-state index contributed by atoms with van der Waals surface area (Å²) in [5.41, 5.74) is 2.78. The van der Waals surface area contributed by atoms with Gasteiger partial charge in [0, 0.05) is 23.0 Å². The van der Waals surface area contributed by atoms with Gasteiger partial charge in [0.15, 0.2) is 0 Å². The van der Waals surface area contributed by atoms with Crippen LogP contribution in [0.15, 0.2) is 54.6 Å². The molecule has 0 radical (unpaired) electrons. The summed E-state index contributed by atoms with van der Waals surface area (Å²) >= 11 is 6.11. The average molecular weight is 302 g/mol. The van der Waals surface area contributed by atoms with E-state index in [2.05, 4.69) is 68.6 Å². The molecule has 0 aliphatic carbocycles. The normalized spacial score (nSPS) is 13.1. The van der Waals surface area contributed by atoms with Gasteiger partial charge in [-0.1, -0.05) is 54.1 Å². The first-order valence-electron chi connectivity index (χ1n) is 7.48. The van der Waals surface area contributed by atoms with Crippen LogP contribution in [0.1, 0.15) is 37.8 Å². The van der Waals surface area contributed by atoms with Gasteiger partial charge in [0.05, 0.1) is 0 Å². The van der Waals surface area contributed by atoms with Crippen molar-refractivity contribution in [2.75, 3.05) is 6.54 Å². The van der Waals surface area contributed by atoms with Gasteiger partial charge < -0.3 is 5.32 Å². The van der Waals surface area contributed by atoms with Crippen LogP contribution in [0.4, 0.5) is 0 Å². The Labute approximate surface area is 133 Å². The van der Waals surface area contributed by atoms with Crippen LogP contribution in [0.5, 0.6) is 0 Å². The van der Waals surface area contributed by atoms with Crippen LogP contribution in [-0.2, 0) is 6.42 Å². The number of rotatable bonds is 5. The Kier molecular flexibility index (Phi) is 5.44. The Morgan fingerprint density at radius 2 is 1.71 bits per heavy atom. The zero-order valence-corrected chi connectivity index (χ0v) is 13.8. The Morgan fingerprint density at radius 3 is 2.33 bits per heavy atom. The van der Waals surface area contributed by atoms with Crippen LogP contribution < -0.4 is 5.32 Å². The zero-order chi connectivity index (χ0) is 15.3. The summed E-state index contributed by atoms with van der Waals surface area (Å²) in [6.45, 7) is 7.57. The Bertz CT molecular complexity index is 557. The molecule has 0 amide bonds. The van der Waals surface area contributed by atoms with E-state index in [-0.39, 0.29) is 5.54 Å². The second-order valence-corrected chi connectivity index (χ2v) is 7.01. The van der Waals surface area contributed by atoms with E-state index < -0.39 is 0 Å². The smallest absolute Gasteiger partial charge is 0.0408 e. The molecule has 0 aliphatic rings. The molecule has 0 saturated heterocycles. The highest BCUT2D eigenvalue weighted by atomic mass is 35.5. The van der Waals surface area contributed by atoms with Crippen molar-refractivity contribution < 1.29 is 0 Å². The summed E-state index contributed by atoms with van der Waals surface area (Å²) in [5.74, 6) is 0.448. The lowest BCUT2D eigenvalue weighted by Gasteiger charge is -2.26. The maximum absolute atomic E-state index is 6.11. The standard InChI is InChI=1S/C19H24ClN/c1-19(2,3)21-14-17(16-9-5-4-6-10-16)12-15-8-7-11-18(20)13-15/h4-11,13,17,21H,12,14H2,1-3H3. The minimum absolute atomic E-state index is 0.126. The van der Waals surface area contributed by atoms with Crippen molar-refractivity contribution >= 4 is 11.6 Å². The molecule has 0 spiro atoms. The van der Waals surface area contributed by atoms with Gasteiger partial charge in [-0.15, -0.1) is 0 Å². The van der Waals surface area contributed by atoms with Gasteiger partial charge in [-0.2, -0.15) is 0 Å². The largest absolute Gasteiger partial charge is 0.311 e. The third kappa shape index (κ3) is 5.53. The molecule has 1 nitrogen and oxygen atoms in total. The van der Waals surface area contributed by atoms with Gasteiger partial charge in [-0.25, -0.2) is 0 Å². The molecule has 21 heavy (non-hydrogen) atoms. The van der Waals surface area contributed by atoms with Crippen LogP contribution in [0.3, 0.4) is 0 Å². The number of benzene rings is 2. The van der Waals surface area contributed by atoms with E-state index in [0.29, 0.717) is 5.92 Å². The third-order valence-corrected chi connectivity index (χ3v) is 3.76. The number of nitrogens with one attached hydrogen (secondary N) is 1. The predicted octanol–water partition coefficient (Wildman–Crippen LogP) is 5.05. The molecule has 0 aromatic heterocycles. The maximum Gasteiger partial charge on any atom is 0.0408 e. The molecule has 1 unspecified atom stereocenters. The molecule has 0 fully saturated rings. The zero-order valence-electron chi connectivity index (χ0n) is 13.1. The Hall–Kier alpha value is -1.31. The van der Waals surface area contributed by atoms with E-state index in [1.807, 2.05) is 12.1 Å². The van der Waals surface area contributed by atoms with E-state index >= 15 is 0 Å². The predicted molar refractivity (Wildman–Crippen MR) is 92.1 cm³/mol. The van der Waals surface area contributed by atoms with E-state index in [1.165, 1.54) is 11.1 Å². The van der Waals surface area contributed by atoms with Gasteiger partial charge in [-0.05, 0) is 50.5 Å². The monoisotopic (exact) mass is 301 g/mol. The van der Waals surface area contributed by atoms with Crippen molar-refractivity contribution in [2.45, 2.75) is 38.6 Å². The summed E-state index contributed by atoms with van der Waals surface area (Å²) < 4.78 is 0. The summed E-state index contributed by atoms with van der Waals surface area (Å²) in [4.78, 5) is 0. The highest BCUT2D eigenvalue weighted by molar-refractivity contribution is 6.30. The van der Waals surface area contributed by atoms with Crippen LogP contribution in [0, 0.1) is 0 Å². The van der Waals surface area contributed by atoms with Crippen molar-refractivity contribution in [3.05, 3.63) is 70.7 Å². The van der Waals surface area contributed by atoms with E-state index in [4.69, 9.17) is 11.6 Å². The number of hydrogen-bond acceptors (Lipinski definition) is 1. The van der Waals surface area contributed by atoms with Crippen LogP contribution in [0.2, 0.25) is 5.02 Å². The number of hydrogen-bond donors (Lipinski definition) is 1. The van der Waals surface area contributed by atoms with E-state index in [0.717, 1.165) is 18.0 Å². The van der Waals surface area contributed by atoms with Crippen LogP contribution in [0.25, 0.3) is 0 Å². The number of halogens is 1. The lowest BCUT2D eigenvalue weighted by Crippen LogP contribution is -2.39. The van der Waals surface area contributed by atoms with Gasteiger partial charge >= 0.3 is 0 Å². The minimum atomic E-state index is 0.126. The second kappa shape index (κ2) is 7.11. The molecule has 1 N–H and O–H groups in total. The lowest BCUT2D eigenvalue weighted by molar-refractivity contribution is 0.405. The first kappa shape index (κ1) is 16.1. The lowest BCUT2D eigenvalue weighted by atomic mass is 9.91. The summed E-state index contributed by atoms with van der Waals surface area (Å²) in [6.07, 6.45) is 0.994. The van der Waals surface area contributed by atoms with Crippen LogP contribution in [-0.4, -0.2) is 12.1 Å². The maximum atomic E-state index is 6.11. The summed E-state index contributed by atoms with van der Waals surface area (Å²) in [7, 11) is 0. The SMILES string of the molecule is CC(C)(C)NCC(Cc1cccc(Cl)c1)c1ccccc1. The molecule has 2 rings (SSSR count). The average Bonchev–Trinajstić information content (AvgIpc) is 2.43. The van der Waals surface area contributed by atoms with Gasteiger partial charge in [0.25, 0.3) is 0 Å². The first-order chi connectivity index (χ1) is 9.94. The van der Waals surface area contributed by atoms with Crippen molar-refractivity contribution in [2.24, 2.45) is 0 Å². The fourth-order valence-electron chi connectivity index (χ4n) is 2.41. The van der Waals surface area contributed by atoms with Gasteiger partial charge in [0.1, 0.15) is 0 Å². The van der Waals surface area contributed by atoms with Crippen molar-refractivity contribution in [3.63, 3.8) is 0 Å². The van der Waals surface area contributed by atoms with E-state index in [1.54, 1.807) is 0 Å².